The van der Waals surface area contributed by atoms with Crippen LogP contribution in [0, 0.1) is 6.92 Å². The van der Waals surface area contributed by atoms with E-state index >= 15 is 0 Å². The van der Waals surface area contributed by atoms with Gasteiger partial charge in [0.15, 0.2) is 0 Å². The fourth-order valence-corrected chi connectivity index (χ4v) is 2.72. The summed E-state index contributed by atoms with van der Waals surface area (Å²) in [5.74, 6) is 1.00. The van der Waals surface area contributed by atoms with Crippen molar-refractivity contribution in [2.24, 2.45) is 0 Å². The maximum Gasteiger partial charge on any atom is 0.203 e. The van der Waals surface area contributed by atoms with E-state index in [-0.39, 0.29) is 0 Å². The standard InChI is InChI=1S/C15H20N4/c1-12-10-19(11-13-6-8-16-9-7-13)15(17-12)18-14-4-2-3-5-14/h6-10,14H,2-5,11H2,1H3,(H,17,18). The van der Waals surface area contributed by atoms with Gasteiger partial charge in [-0.1, -0.05) is 12.8 Å². The smallest absolute Gasteiger partial charge is 0.203 e. The topological polar surface area (TPSA) is 42.7 Å². The Kier molecular flexibility index (Phi) is 3.49. The lowest BCUT2D eigenvalue weighted by Gasteiger charge is -2.14. The second kappa shape index (κ2) is 5.43. The van der Waals surface area contributed by atoms with Crippen LogP contribution in [0.15, 0.2) is 30.7 Å². The minimum Gasteiger partial charge on any atom is -0.353 e. The quantitative estimate of drug-likeness (QED) is 0.914. The summed E-state index contributed by atoms with van der Waals surface area (Å²) in [6.45, 7) is 2.89. The van der Waals surface area contributed by atoms with Crippen LogP contribution in [0.3, 0.4) is 0 Å². The maximum atomic E-state index is 4.61. The molecule has 0 unspecified atom stereocenters. The molecule has 0 aromatic carbocycles. The summed E-state index contributed by atoms with van der Waals surface area (Å²) < 4.78 is 2.20. The van der Waals surface area contributed by atoms with E-state index in [1.807, 2.05) is 19.3 Å². The minimum atomic E-state index is 0.595. The fourth-order valence-electron chi connectivity index (χ4n) is 2.72. The number of nitrogens with one attached hydrogen (secondary N) is 1. The molecule has 1 aliphatic rings. The Morgan fingerprint density at radius 2 is 2.00 bits per heavy atom. The fraction of sp³-hybridized carbons (Fsp3) is 0.467. The molecule has 0 saturated heterocycles. The lowest BCUT2D eigenvalue weighted by atomic mass is 10.2. The van der Waals surface area contributed by atoms with Crippen molar-refractivity contribution in [1.29, 1.82) is 0 Å². The largest absolute Gasteiger partial charge is 0.353 e. The van der Waals surface area contributed by atoms with Crippen LogP contribution in [0.1, 0.15) is 36.9 Å². The highest BCUT2D eigenvalue weighted by molar-refractivity contribution is 5.32. The van der Waals surface area contributed by atoms with Gasteiger partial charge in [-0.2, -0.15) is 0 Å². The highest BCUT2D eigenvalue weighted by Crippen LogP contribution is 2.22. The molecule has 0 atom stereocenters. The highest BCUT2D eigenvalue weighted by Gasteiger charge is 2.17. The van der Waals surface area contributed by atoms with Crippen molar-refractivity contribution in [3.63, 3.8) is 0 Å². The summed E-state index contributed by atoms with van der Waals surface area (Å²) in [5, 5.41) is 3.59. The zero-order chi connectivity index (χ0) is 13.1. The molecule has 4 nitrogen and oxygen atoms in total. The first-order valence-electron chi connectivity index (χ1n) is 7.00. The van der Waals surface area contributed by atoms with Crippen LogP contribution in [0.5, 0.6) is 0 Å². The van der Waals surface area contributed by atoms with Crippen molar-refractivity contribution in [3.05, 3.63) is 42.0 Å². The van der Waals surface area contributed by atoms with Gasteiger partial charge in [-0.25, -0.2) is 4.98 Å². The molecule has 2 heterocycles. The molecule has 1 aliphatic carbocycles. The molecule has 19 heavy (non-hydrogen) atoms. The molecular formula is C15H20N4. The van der Waals surface area contributed by atoms with E-state index in [4.69, 9.17) is 0 Å². The molecule has 1 saturated carbocycles. The third kappa shape index (κ3) is 2.95. The molecule has 1 fully saturated rings. The first-order valence-corrected chi connectivity index (χ1v) is 7.00. The number of hydrogen-bond acceptors (Lipinski definition) is 3. The van der Waals surface area contributed by atoms with E-state index in [0.717, 1.165) is 18.2 Å². The Morgan fingerprint density at radius 3 is 2.74 bits per heavy atom. The van der Waals surface area contributed by atoms with Crippen molar-refractivity contribution in [1.82, 2.24) is 14.5 Å². The summed E-state index contributed by atoms with van der Waals surface area (Å²) in [5.41, 5.74) is 2.32. The Morgan fingerprint density at radius 1 is 1.26 bits per heavy atom. The van der Waals surface area contributed by atoms with Gasteiger partial charge in [-0.3, -0.25) is 4.98 Å². The lowest BCUT2D eigenvalue weighted by Crippen LogP contribution is -2.18. The first-order chi connectivity index (χ1) is 9.31. The van der Waals surface area contributed by atoms with Crippen molar-refractivity contribution in [3.8, 4) is 0 Å². The van der Waals surface area contributed by atoms with Gasteiger partial charge in [0.2, 0.25) is 5.95 Å². The van der Waals surface area contributed by atoms with E-state index in [1.165, 1.54) is 31.2 Å². The van der Waals surface area contributed by atoms with E-state index < -0.39 is 0 Å². The molecule has 0 amide bonds. The minimum absolute atomic E-state index is 0.595. The number of aromatic nitrogens is 3. The summed E-state index contributed by atoms with van der Waals surface area (Å²) in [4.78, 5) is 8.66. The molecule has 0 bridgehead atoms. The van der Waals surface area contributed by atoms with Gasteiger partial charge in [0.25, 0.3) is 0 Å². The van der Waals surface area contributed by atoms with Crippen LogP contribution in [-0.2, 0) is 6.54 Å². The molecular weight excluding hydrogens is 236 g/mol. The van der Waals surface area contributed by atoms with Crippen molar-refractivity contribution in [2.45, 2.75) is 45.2 Å². The molecule has 0 aliphatic heterocycles. The van der Waals surface area contributed by atoms with Crippen LogP contribution < -0.4 is 5.32 Å². The molecule has 100 valence electrons. The second-order valence-electron chi connectivity index (χ2n) is 5.31. The van der Waals surface area contributed by atoms with Gasteiger partial charge in [0, 0.05) is 24.6 Å². The summed E-state index contributed by atoms with van der Waals surface area (Å²) >= 11 is 0. The number of pyridine rings is 1. The van der Waals surface area contributed by atoms with Crippen molar-refractivity contribution in [2.75, 3.05) is 5.32 Å². The Hall–Kier alpha value is -1.84. The summed E-state index contributed by atoms with van der Waals surface area (Å²) in [6.07, 6.45) is 11.0. The predicted octanol–water partition coefficient (Wildman–Crippen LogP) is 2.99. The summed E-state index contributed by atoms with van der Waals surface area (Å²) in [6, 6.07) is 4.70. The van der Waals surface area contributed by atoms with Crippen molar-refractivity contribution < 1.29 is 0 Å². The molecule has 0 radical (unpaired) electrons. The number of aryl methyl sites for hydroxylation is 1. The van der Waals surface area contributed by atoms with E-state index in [9.17, 15) is 0 Å². The first kappa shape index (κ1) is 12.2. The number of hydrogen-bond donors (Lipinski definition) is 1. The highest BCUT2D eigenvalue weighted by atomic mass is 15.2. The van der Waals surface area contributed by atoms with Crippen LogP contribution in [0.25, 0.3) is 0 Å². The number of rotatable bonds is 4. The summed E-state index contributed by atoms with van der Waals surface area (Å²) in [7, 11) is 0. The SMILES string of the molecule is Cc1cn(Cc2ccncc2)c(NC2CCCC2)n1. The zero-order valence-corrected chi connectivity index (χ0v) is 11.3. The van der Waals surface area contributed by atoms with Crippen LogP contribution in [-0.4, -0.2) is 20.6 Å². The van der Waals surface area contributed by atoms with Crippen LogP contribution in [0.4, 0.5) is 5.95 Å². The van der Waals surface area contributed by atoms with Gasteiger partial charge >= 0.3 is 0 Å². The van der Waals surface area contributed by atoms with E-state index in [0.29, 0.717) is 6.04 Å². The lowest BCUT2D eigenvalue weighted by molar-refractivity contribution is 0.716. The molecule has 1 N–H and O–H groups in total. The van der Waals surface area contributed by atoms with Gasteiger partial charge < -0.3 is 9.88 Å². The Balaban J connectivity index is 1.76. The normalized spacial score (nSPS) is 15.8. The molecule has 3 rings (SSSR count). The number of anilines is 1. The molecule has 0 spiro atoms. The maximum absolute atomic E-state index is 4.61. The molecule has 2 aromatic rings. The van der Waals surface area contributed by atoms with Gasteiger partial charge in [-0.05, 0) is 37.5 Å². The van der Waals surface area contributed by atoms with E-state index in [1.54, 1.807) is 0 Å². The van der Waals surface area contributed by atoms with Gasteiger partial charge in [0.1, 0.15) is 0 Å². The second-order valence-corrected chi connectivity index (χ2v) is 5.31. The predicted molar refractivity (Wildman–Crippen MR) is 76.2 cm³/mol. The van der Waals surface area contributed by atoms with Gasteiger partial charge in [0.05, 0.1) is 12.2 Å². The van der Waals surface area contributed by atoms with Crippen LogP contribution in [0.2, 0.25) is 0 Å². The Bertz CT molecular complexity index is 526. The van der Waals surface area contributed by atoms with E-state index in [2.05, 4.69) is 38.2 Å². The zero-order valence-electron chi connectivity index (χ0n) is 11.3. The average Bonchev–Trinajstić information content (AvgIpc) is 3.02. The monoisotopic (exact) mass is 256 g/mol. The average molecular weight is 256 g/mol. The van der Waals surface area contributed by atoms with Gasteiger partial charge in [-0.15, -0.1) is 0 Å². The number of nitrogens with zero attached hydrogens (tertiary/aromatic N) is 3. The Labute approximate surface area is 113 Å². The third-order valence-corrected chi connectivity index (χ3v) is 3.69. The number of imidazole rings is 1. The molecule has 4 heteroatoms. The van der Waals surface area contributed by atoms with Crippen molar-refractivity contribution >= 4 is 5.95 Å². The third-order valence-electron chi connectivity index (χ3n) is 3.69. The molecule has 2 aromatic heterocycles. The van der Waals surface area contributed by atoms with Crippen LogP contribution >= 0.6 is 0 Å².